The topological polar surface area (TPSA) is 225 Å². The van der Waals surface area contributed by atoms with Gasteiger partial charge in [-0.05, 0) is 30.7 Å². The fourth-order valence-electron chi connectivity index (χ4n) is 7.83. The molecule has 1 aliphatic carbocycles. The molecule has 2 fully saturated rings. The standard InChI is InChI=1S/C42H63N6O10P/c1-4-5-6-7-8-9-10-11-12-13-14-15-16-17-18-19-24-54-27-33(56-32-21-20-31(26-43)35(25-32)53-3)28-55-59(51,52)58-38-37-42(38,50)40(49)41(57-37,29-45-2)36-23-22-34-39(44)46-30-47-48(34)36/h20-23,25,29-30,33,37-38,40,49-50H,4-19,24,27-28H2,1-3H3,(H,51,52)(H2,44,46,47)/t33-,37-,38?,40+,41+,42+/m1/s1. The zero-order chi connectivity index (χ0) is 42.3. The number of nitriles is 1. The van der Waals surface area contributed by atoms with E-state index in [4.69, 9.17) is 33.7 Å². The first-order valence-corrected chi connectivity index (χ1v) is 22.6. The van der Waals surface area contributed by atoms with Gasteiger partial charge in [-0.15, -0.1) is 0 Å². The van der Waals surface area contributed by atoms with Gasteiger partial charge in [0.2, 0.25) is 0 Å². The Balaban J connectivity index is 1.07. The Hall–Kier alpha value is -3.65. The van der Waals surface area contributed by atoms with E-state index in [1.54, 1.807) is 24.3 Å². The summed E-state index contributed by atoms with van der Waals surface area (Å²) in [6, 6.07) is 9.97. The van der Waals surface area contributed by atoms with E-state index in [0.717, 1.165) is 19.3 Å². The van der Waals surface area contributed by atoms with Gasteiger partial charge >= 0.3 is 7.82 Å². The first-order chi connectivity index (χ1) is 28.5. The molecule has 2 aliphatic rings. The van der Waals surface area contributed by atoms with E-state index in [9.17, 15) is 24.9 Å². The Morgan fingerprint density at radius 2 is 1.66 bits per heavy atom. The first-order valence-electron chi connectivity index (χ1n) is 21.1. The van der Waals surface area contributed by atoms with Crippen molar-refractivity contribution < 1.29 is 47.7 Å². The van der Waals surface area contributed by atoms with Crippen molar-refractivity contribution in [1.29, 1.82) is 5.26 Å². The van der Waals surface area contributed by atoms with E-state index in [-0.39, 0.29) is 12.4 Å². The maximum absolute atomic E-state index is 13.3. The number of methoxy groups -OCH3 is 1. The summed E-state index contributed by atoms with van der Waals surface area (Å²) in [4.78, 5) is 18.9. The zero-order valence-electron chi connectivity index (χ0n) is 34.7. The van der Waals surface area contributed by atoms with Gasteiger partial charge in [-0.2, -0.15) is 10.4 Å². The van der Waals surface area contributed by atoms with Crippen LogP contribution in [-0.2, 0) is 28.7 Å². The molecule has 1 saturated carbocycles. The number of fused-ring (bicyclic) bond motifs is 2. The van der Waals surface area contributed by atoms with Crippen LogP contribution < -0.4 is 15.2 Å². The summed E-state index contributed by atoms with van der Waals surface area (Å²) in [5.41, 5.74) is 3.29. The number of nitrogens with zero attached hydrogens (tertiary/aromatic N) is 5. The summed E-state index contributed by atoms with van der Waals surface area (Å²) in [6.07, 6.45) is 17.7. The molecule has 7 atom stereocenters. The van der Waals surface area contributed by atoms with Gasteiger partial charge in [0.15, 0.2) is 17.0 Å². The molecule has 5 rings (SSSR count). The summed E-state index contributed by atoms with van der Waals surface area (Å²) < 4.78 is 49.0. The lowest BCUT2D eigenvalue weighted by molar-refractivity contribution is -0.0971. The molecule has 326 valence electrons. The van der Waals surface area contributed by atoms with Crippen LogP contribution in [0.25, 0.3) is 5.52 Å². The molecule has 3 aromatic rings. The number of unbranched alkanes of at least 4 members (excludes halogenated alkanes) is 15. The first kappa shape index (κ1) is 46.4. The lowest BCUT2D eigenvalue weighted by Gasteiger charge is -2.32. The van der Waals surface area contributed by atoms with Gasteiger partial charge in [0, 0.05) is 25.9 Å². The maximum Gasteiger partial charge on any atom is 0.472 e. The molecule has 1 aromatic carbocycles. The molecule has 5 N–H and O–H groups in total. The van der Waals surface area contributed by atoms with Gasteiger partial charge in [-0.25, -0.2) is 14.1 Å². The Kier molecular flexibility index (Phi) is 17.5. The van der Waals surface area contributed by atoms with Crippen LogP contribution in [-0.4, -0.2) is 99.9 Å². The Morgan fingerprint density at radius 1 is 1.02 bits per heavy atom. The predicted molar refractivity (Wildman–Crippen MR) is 222 cm³/mol. The summed E-state index contributed by atoms with van der Waals surface area (Å²) >= 11 is 0. The zero-order valence-corrected chi connectivity index (χ0v) is 35.6. The second-order valence-electron chi connectivity index (χ2n) is 15.6. The second-order valence-corrected chi connectivity index (χ2v) is 17.0. The Bertz CT molecular complexity index is 1890. The maximum atomic E-state index is 13.3. The number of rotatable bonds is 29. The quantitative estimate of drug-likeness (QED) is 0.0320. The highest BCUT2D eigenvalue weighted by atomic mass is 31.2. The number of hydrogen-bond donors (Lipinski definition) is 4. The third kappa shape index (κ3) is 11.8. The van der Waals surface area contributed by atoms with E-state index in [0.29, 0.717) is 34.9 Å². The predicted octanol–water partition coefficient (Wildman–Crippen LogP) is 6.82. The van der Waals surface area contributed by atoms with Gasteiger partial charge in [0.25, 0.3) is 0 Å². The van der Waals surface area contributed by atoms with Gasteiger partial charge in [0.05, 0.1) is 31.6 Å². The van der Waals surface area contributed by atoms with Crippen molar-refractivity contribution in [2.75, 3.05) is 39.7 Å². The van der Waals surface area contributed by atoms with Crippen molar-refractivity contribution in [1.82, 2.24) is 14.6 Å². The average Bonchev–Trinajstić information content (AvgIpc) is 3.46. The number of anilines is 1. The molecule has 0 spiro atoms. The minimum atomic E-state index is -4.87. The fraction of sp³-hybridized carbons (Fsp3) is 0.667. The number of hydrogen-bond acceptors (Lipinski definition) is 14. The summed E-state index contributed by atoms with van der Waals surface area (Å²) in [5, 5.41) is 36.7. The molecule has 0 bridgehead atoms. The molecule has 0 amide bonds. The minimum absolute atomic E-state index is 0.0249. The second kappa shape index (κ2) is 22.3. The lowest BCUT2D eigenvalue weighted by Crippen LogP contribution is -2.49. The third-order valence-electron chi connectivity index (χ3n) is 11.2. The van der Waals surface area contributed by atoms with Crippen molar-refractivity contribution in [2.45, 2.75) is 145 Å². The third-order valence-corrected chi connectivity index (χ3v) is 12.1. The van der Waals surface area contributed by atoms with E-state index < -0.39 is 50.0 Å². The molecule has 2 aromatic heterocycles. The molecule has 16 nitrogen and oxygen atoms in total. The number of nitrogens with two attached hydrogens (primary N) is 1. The van der Waals surface area contributed by atoms with E-state index in [1.165, 1.54) is 121 Å². The average molecular weight is 843 g/mol. The number of aliphatic hydroxyl groups is 2. The van der Waals surface area contributed by atoms with Crippen LogP contribution in [0.2, 0.25) is 0 Å². The highest BCUT2D eigenvalue weighted by Crippen LogP contribution is 2.63. The van der Waals surface area contributed by atoms with Gasteiger partial charge in [-0.1, -0.05) is 103 Å². The van der Waals surface area contributed by atoms with Crippen LogP contribution in [0.4, 0.5) is 5.82 Å². The van der Waals surface area contributed by atoms with Crippen LogP contribution in [0.15, 0.2) is 41.7 Å². The molecular weight excluding hydrogens is 779 g/mol. The SMILES string of the molecule is CCCCCCCCCCCCCCCCCCOC[C@H](COP(=O)(O)OC1[C@H]2O[C@@](C=NC)(c3ccc4c(N)ncnn34)[C@H](O)[C@@]12O)Oc1ccc(C#N)c(OC)c1. The molecule has 1 aliphatic heterocycles. The van der Waals surface area contributed by atoms with E-state index in [1.807, 2.05) is 0 Å². The van der Waals surface area contributed by atoms with Gasteiger partial charge in [0.1, 0.15) is 53.8 Å². The molecule has 2 unspecified atom stereocenters. The minimum Gasteiger partial charge on any atom is -0.495 e. The van der Waals surface area contributed by atoms with Gasteiger partial charge < -0.3 is 39.8 Å². The van der Waals surface area contributed by atoms with Crippen molar-refractivity contribution in [2.24, 2.45) is 4.99 Å². The summed E-state index contributed by atoms with van der Waals surface area (Å²) in [5.74, 6) is 0.822. The number of phosphoric ester groups is 1. The monoisotopic (exact) mass is 842 g/mol. The number of nitrogen functional groups attached to an aromatic ring is 1. The molecule has 3 heterocycles. The van der Waals surface area contributed by atoms with E-state index in [2.05, 4.69) is 28.1 Å². The smallest absolute Gasteiger partial charge is 0.472 e. The summed E-state index contributed by atoms with van der Waals surface area (Å²) in [7, 11) is -1.95. The van der Waals surface area contributed by atoms with Crippen LogP contribution in [0, 0.1) is 11.3 Å². The van der Waals surface area contributed by atoms with Crippen molar-refractivity contribution in [3.8, 4) is 17.6 Å². The van der Waals surface area contributed by atoms with Crippen LogP contribution >= 0.6 is 7.82 Å². The number of phosphoric acid groups is 1. The Morgan fingerprint density at radius 3 is 2.24 bits per heavy atom. The number of aromatic nitrogens is 3. The lowest BCUT2D eigenvalue weighted by atomic mass is 9.90. The molecular formula is C42H63N6O10P. The van der Waals surface area contributed by atoms with Crippen LogP contribution in [0.1, 0.15) is 121 Å². The highest BCUT2D eigenvalue weighted by Gasteiger charge is 2.83. The highest BCUT2D eigenvalue weighted by molar-refractivity contribution is 7.47. The normalized spacial score (nSPS) is 23.9. The van der Waals surface area contributed by atoms with Crippen molar-refractivity contribution in [3.05, 3.63) is 47.9 Å². The van der Waals surface area contributed by atoms with Crippen molar-refractivity contribution >= 4 is 25.4 Å². The summed E-state index contributed by atoms with van der Waals surface area (Å²) in [6.45, 7) is 2.31. The largest absolute Gasteiger partial charge is 0.495 e. The molecule has 59 heavy (non-hydrogen) atoms. The van der Waals surface area contributed by atoms with Gasteiger partial charge in [-0.3, -0.25) is 14.0 Å². The van der Waals surface area contributed by atoms with Crippen LogP contribution in [0.3, 0.4) is 0 Å². The number of aliphatic imine (C=N–C) groups is 1. The van der Waals surface area contributed by atoms with E-state index >= 15 is 0 Å². The number of benzene rings is 1. The number of ether oxygens (including phenoxy) is 4. The molecule has 1 saturated heterocycles. The van der Waals surface area contributed by atoms with Crippen LogP contribution in [0.5, 0.6) is 11.5 Å². The molecule has 17 heteroatoms. The Labute approximate surface area is 347 Å². The van der Waals surface area contributed by atoms with Crippen molar-refractivity contribution in [3.63, 3.8) is 0 Å². The fourth-order valence-corrected chi connectivity index (χ4v) is 8.81. The molecule has 0 radical (unpaired) electrons. The number of aliphatic hydroxyl groups excluding tert-OH is 1.